The van der Waals surface area contributed by atoms with Gasteiger partial charge in [0.15, 0.2) is 12.4 Å². The first-order chi connectivity index (χ1) is 13.2. The van der Waals surface area contributed by atoms with Gasteiger partial charge in [-0.15, -0.1) is 0 Å². The Morgan fingerprint density at radius 1 is 1.22 bits per heavy atom. The number of hydrogen-bond donors (Lipinski definition) is 2. The predicted octanol–water partition coefficient (Wildman–Crippen LogP) is 2.39. The monoisotopic (exact) mass is 365 g/mol. The minimum absolute atomic E-state index is 0.0895. The van der Waals surface area contributed by atoms with Gasteiger partial charge in [-0.3, -0.25) is 19.7 Å². The summed E-state index contributed by atoms with van der Waals surface area (Å²) in [6.45, 7) is -0.0307. The Kier molecular flexibility index (Phi) is 4.31. The maximum atomic E-state index is 12.4. The highest BCUT2D eigenvalue weighted by Crippen LogP contribution is 2.34. The molecule has 0 aliphatic carbocycles. The van der Waals surface area contributed by atoms with Gasteiger partial charge in [-0.05, 0) is 18.2 Å². The molecule has 0 fully saturated rings. The second-order valence-electron chi connectivity index (χ2n) is 5.88. The van der Waals surface area contributed by atoms with Gasteiger partial charge in [0.25, 0.3) is 11.8 Å². The molecule has 2 N–H and O–H groups in total. The quantitative estimate of drug-likeness (QED) is 0.543. The largest absolute Gasteiger partial charge is 0.482 e. The molecule has 0 atom stereocenters. The third-order valence-corrected chi connectivity index (χ3v) is 4.17. The zero-order valence-electron chi connectivity index (χ0n) is 14.1. The number of fused-ring (bicyclic) bond motifs is 1. The molecule has 8 nitrogen and oxygen atoms in total. The van der Waals surface area contributed by atoms with E-state index in [0.29, 0.717) is 23.1 Å². The fourth-order valence-electron chi connectivity index (χ4n) is 2.84. The topological polar surface area (TPSA) is 105 Å². The molecule has 2 heterocycles. The van der Waals surface area contributed by atoms with Crippen LogP contribution in [0.25, 0.3) is 11.3 Å². The molecule has 1 aliphatic heterocycles. The van der Waals surface area contributed by atoms with E-state index in [4.69, 9.17) is 14.4 Å². The van der Waals surface area contributed by atoms with E-state index < -0.39 is 5.91 Å². The first kappa shape index (κ1) is 16.8. The van der Waals surface area contributed by atoms with Crippen LogP contribution in [-0.4, -0.2) is 28.6 Å². The van der Waals surface area contributed by atoms with Crippen LogP contribution in [0.3, 0.4) is 0 Å². The summed E-state index contributed by atoms with van der Waals surface area (Å²) in [5.41, 5.74) is 3.05. The van der Waals surface area contributed by atoms with Crippen molar-refractivity contribution in [2.75, 3.05) is 11.5 Å². The van der Waals surface area contributed by atoms with E-state index in [9.17, 15) is 9.59 Å². The van der Waals surface area contributed by atoms with Crippen molar-refractivity contribution >= 4 is 17.5 Å². The number of nitrogens with one attached hydrogen (secondary N) is 1. The van der Waals surface area contributed by atoms with Crippen molar-refractivity contribution in [3.8, 4) is 17.1 Å². The molecule has 0 radical (unpaired) electrons. The molecule has 0 bridgehead atoms. The van der Waals surface area contributed by atoms with Crippen molar-refractivity contribution in [3.63, 3.8) is 0 Å². The molecule has 1 aromatic heterocycles. The average Bonchev–Trinajstić information content (AvgIpc) is 3.18. The van der Waals surface area contributed by atoms with Crippen LogP contribution in [-0.2, 0) is 11.3 Å². The van der Waals surface area contributed by atoms with Gasteiger partial charge in [0.05, 0.1) is 11.9 Å². The van der Waals surface area contributed by atoms with Crippen LogP contribution in [0, 0.1) is 0 Å². The van der Waals surface area contributed by atoms with Gasteiger partial charge < -0.3 is 9.15 Å². The molecule has 8 heteroatoms. The number of hydroxylamine groups is 1. The zero-order valence-corrected chi connectivity index (χ0v) is 14.1. The molecule has 0 unspecified atom stereocenters. The fourth-order valence-corrected chi connectivity index (χ4v) is 2.84. The smallest absolute Gasteiger partial charge is 0.274 e. The van der Waals surface area contributed by atoms with E-state index in [1.807, 2.05) is 30.3 Å². The van der Waals surface area contributed by atoms with Crippen LogP contribution in [0.5, 0.6) is 5.75 Å². The van der Waals surface area contributed by atoms with E-state index in [-0.39, 0.29) is 24.6 Å². The average molecular weight is 365 g/mol. The first-order valence-electron chi connectivity index (χ1n) is 8.17. The van der Waals surface area contributed by atoms with Gasteiger partial charge >= 0.3 is 0 Å². The van der Waals surface area contributed by atoms with Crippen molar-refractivity contribution in [3.05, 3.63) is 66.2 Å². The lowest BCUT2D eigenvalue weighted by atomic mass is 10.1. The molecule has 0 saturated heterocycles. The van der Waals surface area contributed by atoms with Crippen LogP contribution in [0.2, 0.25) is 0 Å². The lowest BCUT2D eigenvalue weighted by molar-refractivity contribution is -0.121. The van der Waals surface area contributed by atoms with E-state index in [0.717, 1.165) is 5.56 Å². The van der Waals surface area contributed by atoms with Gasteiger partial charge in [0, 0.05) is 11.1 Å². The molecule has 4 rings (SSSR count). The number of anilines is 1. The lowest BCUT2D eigenvalue weighted by Crippen LogP contribution is -2.38. The summed E-state index contributed by atoms with van der Waals surface area (Å²) in [4.78, 5) is 29.7. The lowest BCUT2D eigenvalue weighted by Gasteiger charge is -2.28. The fraction of sp³-hybridized carbons (Fsp3) is 0.105. The number of oxazole rings is 1. The highest BCUT2D eigenvalue weighted by atomic mass is 16.5. The summed E-state index contributed by atoms with van der Waals surface area (Å²) in [6, 6.07) is 14.0. The Balaban J connectivity index is 1.64. The molecule has 2 amide bonds. The number of amides is 2. The van der Waals surface area contributed by atoms with Crippen LogP contribution in [0.15, 0.2) is 59.1 Å². The Bertz CT molecular complexity index is 1000. The molecule has 136 valence electrons. The van der Waals surface area contributed by atoms with Crippen LogP contribution < -0.4 is 15.1 Å². The Morgan fingerprint density at radius 3 is 2.81 bits per heavy atom. The molecule has 3 aromatic rings. The molecule has 2 aromatic carbocycles. The predicted molar refractivity (Wildman–Crippen MR) is 94.3 cm³/mol. The summed E-state index contributed by atoms with van der Waals surface area (Å²) in [5, 5.41) is 8.82. The third kappa shape index (κ3) is 3.25. The van der Waals surface area contributed by atoms with Crippen molar-refractivity contribution < 1.29 is 24.0 Å². The second kappa shape index (κ2) is 6.93. The zero-order chi connectivity index (χ0) is 18.8. The minimum atomic E-state index is -0.682. The highest BCUT2D eigenvalue weighted by molar-refractivity contribution is 6.00. The number of carbonyl (C=O) groups excluding carboxylic acids is 2. The van der Waals surface area contributed by atoms with Crippen molar-refractivity contribution in [1.82, 2.24) is 10.5 Å². The molecular weight excluding hydrogens is 350 g/mol. The third-order valence-electron chi connectivity index (χ3n) is 4.17. The standard InChI is InChI=1S/C19H15N3O5/c23-18-11-26-15-7-6-13(19(24)21-25)8-14(15)22(18)10-17-20-9-16(27-17)12-4-2-1-3-5-12/h1-9,25H,10-11H2,(H,21,24). The van der Waals surface area contributed by atoms with Crippen LogP contribution in [0.1, 0.15) is 16.2 Å². The maximum absolute atomic E-state index is 12.4. The summed E-state index contributed by atoms with van der Waals surface area (Å²) >= 11 is 0. The molecule has 0 spiro atoms. The van der Waals surface area contributed by atoms with Crippen LogP contribution >= 0.6 is 0 Å². The molecular formula is C19H15N3O5. The normalized spacial score (nSPS) is 13.1. The van der Waals surface area contributed by atoms with E-state index in [1.165, 1.54) is 17.0 Å². The van der Waals surface area contributed by atoms with Gasteiger partial charge in [0.1, 0.15) is 12.3 Å². The summed E-state index contributed by atoms with van der Waals surface area (Å²) in [5.74, 6) is 0.438. The molecule has 27 heavy (non-hydrogen) atoms. The number of nitrogens with zero attached hydrogens (tertiary/aromatic N) is 2. The summed E-state index contributed by atoms with van der Waals surface area (Å²) in [7, 11) is 0. The SMILES string of the molecule is O=C(NO)c1ccc2c(c1)N(Cc1ncc(-c3ccccc3)o1)C(=O)CO2. The van der Waals surface area contributed by atoms with Crippen molar-refractivity contribution in [2.45, 2.75) is 6.54 Å². The second-order valence-corrected chi connectivity index (χ2v) is 5.88. The summed E-state index contributed by atoms with van der Waals surface area (Å²) in [6.07, 6.45) is 1.60. The first-order valence-corrected chi connectivity index (χ1v) is 8.17. The minimum Gasteiger partial charge on any atom is -0.482 e. The van der Waals surface area contributed by atoms with Crippen molar-refractivity contribution in [1.29, 1.82) is 0 Å². The van der Waals surface area contributed by atoms with E-state index >= 15 is 0 Å². The number of hydrogen-bond acceptors (Lipinski definition) is 6. The highest BCUT2D eigenvalue weighted by Gasteiger charge is 2.28. The molecule has 1 aliphatic rings. The van der Waals surface area contributed by atoms with Crippen LogP contribution in [0.4, 0.5) is 5.69 Å². The molecule has 0 saturated carbocycles. The van der Waals surface area contributed by atoms with E-state index in [1.54, 1.807) is 17.7 Å². The number of ether oxygens (including phenoxy) is 1. The number of rotatable bonds is 4. The Labute approximate surface area is 154 Å². The van der Waals surface area contributed by atoms with Crippen molar-refractivity contribution in [2.24, 2.45) is 0 Å². The number of benzene rings is 2. The van der Waals surface area contributed by atoms with E-state index in [2.05, 4.69) is 4.98 Å². The van der Waals surface area contributed by atoms with Gasteiger partial charge in [-0.25, -0.2) is 10.5 Å². The van der Waals surface area contributed by atoms with Gasteiger partial charge in [0.2, 0.25) is 5.89 Å². The number of aromatic nitrogens is 1. The maximum Gasteiger partial charge on any atom is 0.274 e. The van der Waals surface area contributed by atoms with Gasteiger partial charge in [-0.1, -0.05) is 30.3 Å². The van der Waals surface area contributed by atoms with Gasteiger partial charge in [-0.2, -0.15) is 0 Å². The Hall–Kier alpha value is -3.65. The summed E-state index contributed by atoms with van der Waals surface area (Å²) < 4.78 is 11.2. The number of carbonyl (C=O) groups is 2. The Morgan fingerprint density at radius 2 is 2.04 bits per heavy atom.